The van der Waals surface area contributed by atoms with Crippen LogP contribution in [0, 0.1) is 5.92 Å². The lowest BCUT2D eigenvalue weighted by molar-refractivity contribution is -0.142. The number of nitrogens with two attached hydrogens (primary N) is 2. The number of hydrogen-bond acceptors (Lipinski definition) is 7. The van der Waals surface area contributed by atoms with Crippen molar-refractivity contribution in [1.29, 1.82) is 0 Å². The molecule has 0 aromatic rings. The van der Waals surface area contributed by atoms with Crippen molar-refractivity contribution in [2.24, 2.45) is 17.4 Å². The van der Waals surface area contributed by atoms with Crippen molar-refractivity contribution in [3.05, 3.63) is 0 Å². The van der Waals surface area contributed by atoms with Crippen molar-refractivity contribution in [3.63, 3.8) is 0 Å². The molecule has 11 nitrogen and oxygen atoms in total. The Morgan fingerprint density at radius 3 is 2.07 bits per heavy atom. The molecule has 0 aliphatic heterocycles. The first-order valence-electron chi connectivity index (χ1n) is 9.79. The Balaban J connectivity index is 5.33. The van der Waals surface area contributed by atoms with E-state index in [-0.39, 0.29) is 12.3 Å². The lowest BCUT2D eigenvalue weighted by Gasteiger charge is -2.27. The molecule has 5 unspecified atom stereocenters. The van der Waals surface area contributed by atoms with Crippen LogP contribution in [-0.2, 0) is 19.2 Å². The van der Waals surface area contributed by atoms with Gasteiger partial charge in [-0.1, -0.05) is 20.3 Å². The van der Waals surface area contributed by atoms with Gasteiger partial charge >= 0.3 is 5.97 Å². The zero-order valence-corrected chi connectivity index (χ0v) is 17.3. The number of aliphatic hydroxyl groups is 1. The first-order valence-corrected chi connectivity index (χ1v) is 9.79. The SMILES string of the molecule is CCC(C)C(NC(=O)C(CCCCN)NC(=O)C(N)CO)C(=O)NC(C)C(=O)O. The predicted octanol–water partition coefficient (Wildman–Crippen LogP) is -1.96. The Morgan fingerprint density at radius 2 is 1.59 bits per heavy atom. The van der Waals surface area contributed by atoms with Crippen LogP contribution in [0.4, 0.5) is 0 Å². The van der Waals surface area contributed by atoms with Gasteiger partial charge in [-0.05, 0) is 38.6 Å². The molecule has 0 heterocycles. The van der Waals surface area contributed by atoms with Crippen LogP contribution in [0.1, 0.15) is 46.5 Å². The number of carboxylic acids is 1. The molecule has 0 spiro atoms. The van der Waals surface area contributed by atoms with Crippen LogP contribution in [0.2, 0.25) is 0 Å². The highest BCUT2D eigenvalue weighted by atomic mass is 16.4. The summed E-state index contributed by atoms with van der Waals surface area (Å²) in [5.41, 5.74) is 11.0. The number of carbonyl (C=O) groups excluding carboxylic acids is 3. The van der Waals surface area contributed by atoms with Gasteiger partial charge in [0.15, 0.2) is 0 Å². The second-order valence-electron chi connectivity index (χ2n) is 7.08. The summed E-state index contributed by atoms with van der Waals surface area (Å²) in [6.07, 6.45) is 2.02. The van der Waals surface area contributed by atoms with Crippen LogP contribution in [-0.4, -0.2) is 71.2 Å². The van der Waals surface area contributed by atoms with Crippen molar-refractivity contribution in [3.8, 4) is 0 Å². The minimum Gasteiger partial charge on any atom is -0.480 e. The molecule has 0 fully saturated rings. The third-order valence-electron chi connectivity index (χ3n) is 4.64. The van der Waals surface area contributed by atoms with Gasteiger partial charge in [-0.2, -0.15) is 0 Å². The topological polar surface area (TPSA) is 197 Å². The molecule has 29 heavy (non-hydrogen) atoms. The average molecular weight is 418 g/mol. The van der Waals surface area contributed by atoms with Gasteiger partial charge in [-0.15, -0.1) is 0 Å². The zero-order chi connectivity index (χ0) is 22.6. The van der Waals surface area contributed by atoms with Crippen molar-refractivity contribution < 1.29 is 29.4 Å². The number of amides is 3. The number of hydrogen-bond donors (Lipinski definition) is 7. The number of rotatable bonds is 14. The van der Waals surface area contributed by atoms with Gasteiger partial charge in [0.1, 0.15) is 24.2 Å². The van der Waals surface area contributed by atoms with Crippen LogP contribution in [0.25, 0.3) is 0 Å². The fraction of sp³-hybridized carbons (Fsp3) is 0.778. The van der Waals surface area contributed by atoms with E-state index in [1.807, 2.05) is 6.92 Å². The van der Waals surface area contributed by atoms with E-state index >= 15 is 0 Å². The maximum Gasteiger partial charge on any atom is 0.325 e. The van der Waals surface area contributed by atoms with Gasteiger partial charge in [0, 0.05) is 0 Å². The second-order valence-corrected chi connectivity index (χ2v) is 7.08. The van der Waals surface area contributed by atoms with Gasteiger partial charge in [0.05, 0.1) is 6.61 Å². The van der Waals surface area contributed by atoms with Crippen molar-refractivity contribution in [2.45, 2.75) is 70.6 Å². The molecular weight excluding hydrogens is 382 g/mol. The molecule has 0 radical (unpaired) electrons. The van der Waals surface area contributed by atoms with E-state index in [0.717, 1.165) is 0 Å². The molecular formula is C18H35N5O6. The monoisotopic (exact) mass is 417 g/mol. The number of carbonyl (C=O) groups is 4. The molecule has 0 aromatic heterocycles. The van der Waals surface area contributed by atoms with Crippen LogP contribution >= 0.6 is 0 Å². The molecule has 0 rings (SSSR count). The lowest BCUT2D eigenvalue weighted by Crippen LogP contribution is -2.58. The number of unbranched alkanes of at least 4 members (excludes halogenated alkanes) is 1. The Kier molecular flexibility index (Phi) is 12.8. The summed E-state index contributed by atoms with van der Waals surface area (Å²) < 4.78 is 0. The van der Waals surface area contributed by atoms with Gasteiger partial charge < -0.3 is 37.6 Å². The Morgan fingerprint density at radius 1 is 0.966 bits per heavy atom. The molecule has 0 aliphatic rings. The summed E-state index contributed by atoms with van der Waals surface area (Å²) in [5.74, 6) is -3.38. The molecule has 9 N–H and O–H groups in total. The smallest absolute Gasteiger partial charge is 0.325 e. The maximum atomic E-state index is 12.8. The molecule has 0 saturated heterocycles. The molecule has 0 aromatic carbocycles. The van der Waals surface area contributed by atoms with E-state index < -0.39 is 54.5 Å². The maximum absolute atomic E-state index is 12.8. The average Bonchev–Trinajstić information content (AvgIpc) is 2.69. The predicted molar refractivity (Wildman–Crippen MR) is 107 cm³/mol. The van der Waals surface area contributed by atoms with Crippen molar-refractivity contribution in [1.82, 2.24) is 16.0 Å². The summed E-state index contributed by atoms with van der Waals surface area (Å²) >= 11 is 0. The number of nitrogens with one attached hydrogen (secondary N) is 3. The third kappa shape index (κ3) is 9.68. The van der Waals surface area contributed by atoms with E-state index in [1.165, 1.54) is 6.92 Å². The van der Waals surface area contributed by atoms with Gasteiger partial charge in [-0.3, -0.25) is 19.2 Å². The van der Waals surface area contributed by atoms with Crippen LogP contribution < -0.4 is 27.4 Å². The molecule has 168 valence electrons. The van der Waals surface area contributed by atoms with E-state index in [1.54, 1.807) is 6.92 Å². The molecule has 11 heteroatoms. The Labute approximate surface area is 171 Å². The fourth-order valence-corrected chi connectivity index (χ4v) is 2.44. The molecule has 5 atom stereocenters. The van der Waals surface area contributed by atoms with Crippen LogP contribution in [0.5, 0.6) is 0 Å². The zero-order valence-electron chi connectivity index (χ0n) is 17.3. The highest BCUT2D eigenvalue weighted by molar-refractivity contribution is 5.94. The van der Waals surface area contributed by atoms with Crippen molar-refractivity contribution >= 4 is 23.7 Å². The molecule has 0 saturated carbocycles. The van der Waals surface area contributed by atoms with E-state index in [2.05, 4.69) is 16.0 Å². The lowest BCUT2D eigenvalue weighted by atomic mass is 9.97. The number of carboxylic acid groups (broad SMARTS) is 1. The number of aliphatic carboxylic acids is 1. The summed E-state index contributed by atoms with van der Waals surface area (Å²) in [5, 5.41) is 25.4. The highest BCUT2D eigenvalue weighted by Gasteiger charge is 2.31. The second kappa shape index (κ2) is 13.9. The summed E-state index contributed by atoms with van der Waals surface area (Å²) in [4.78, 5) is 48.3. The first-order chi connectivity index (χ1) is 13.6. The first kappa shape index (κ1) is 26.8. The van der Waals surface area contributed by atoms with Gasteiger partial charge in [-0.25, -0.2) is 0 Å². The van der Waals surface area contributed by atoms with E-state index in [0.29, 0.717) is 25.8 Å². The van der Waals surface area contributed by atoms with Crippen molar-refractivity contribution in [2.75, 3.05) is 13.2 Å². The molecule has 3 amide bonds. The number of aliphatic hydroxyl groups excluding tert-OH is 1. The third-order valence-corrected chi connectivity index (χ3v) is 4.64. The minimum absolute atomic E-state index is 0.271. The van der Waals surface area contributed by atoms with E-state index in [9.17, 15) is 19.2 Å². The summed E-state index contributed by atoms with van der Waals surface area (Å²) in [7, 11) is 0. The summed E-state index contributed by atoms with van der Waals surface area (Å²) in [6.45, 7) is 4.75. The molecule has 0 bridgehead atoms. The largest absolute Gasteiger partial charge is 0.480 e. The standard InChI is InChI=1S/C18H35N5O6/c1-4-10(2)14(17(27)21-11(3)18(28)29)23-16(26)13(7-5-6-8-19)22-15(25)12(20)9-24/h10-14,24H,4-9,19-20H2,1-3H3,(H,21,27)(H,22,25)(H,23,26)(H,28,29). The Hall–Kier alpha value is -2.24. The van der Waals surface area contributed by atoms with E-state index in [4.69, 9.17) is 21.7 Å². The quantitative estimate of drug-likeness (QED) is 0.158. The van der Waals surface area contributed by atoms with Crippen LogP contribution in [0.3, 0.4) is 0 Å². The normalized spacial score (nSPS) is 16.1. The fourth-order valence-electron chi connectivity index (χ4n) is 2.44. The highest BCUT2D eigenvalue weighted by Crippen LogP contribution is 2.10. The Bertz CT molecular complexity index is 559. The van der Waals surface area contributed by atoms with Crippen LogP contribution in [0.15, 0.2) is 0 Å². The minimum atomic E-state index is -1.20. The van der Waals surface area contributed by atoms with Gasteiger partial charge in [0.25, 0.3) is 0 Å². The van der Waals surface area contributed by atoms with Gasteiger partial charge in [0.2, 0.25) is 17.7 Å². The summed E-state index contributed by atoms with van der Waals surface area (Å²) in [6, 6.07) is -4.24. The molecule has 0 aliphatic carbocycles.